The Morgan fingerprint density at radius 2 is 1.75 bits per heavy atom. The maximum absolute atomic E-state index is 13.3. The van der Waals surface area contributed by atoms with Crippen LogP contribution in [0.2, 0.25) is 0 Å². The maximum Gasteiger partial charge on any atom is 0.415 e. The molecule has 2 atom stereocenters. The third-order valence-corrected chi connectivity index (χ3v) is 4.43. The monoisotopic (exact) mass is 348 g/mol. The SMILES string of the molecule is COC(C)(C)CCOC(C)(C)C(=O)C1=C(C(F)(F)F)C2C=CC1O2. The number of Topliss-reactive ketones (excluding diaryl/α,β-unsaturated/α-hetero) is 1. The van der Waals surface area contributed by atoms with Gasteiger partial charge in [0, 0.05) is 12.7 Å². The smallest absolute Gasteiger partial charge is 0.379 e. The molecule has 0 aromatic carbocycles. The van der Waals surface area contributed by atoms with Gasteiger partial charge in [0.05, 0.1) is 17.8 Å². The summed E-state index contributed by atoms with van der Waals surface area (Å²) in [6.07, 6.45) is -3.43. The fourth-order valence-corrected chi connectivity index (χ4v) is 2.69. The van der Waals surface area contributed by atoms with E-state index in [1.165, 1.54) is 26.0 Å². The van der Waals surface area contributed by atoms with Gasteiger partial charge >= 0.3 is 6.18 Å². The molecule has 0 saturated heterocycles. The van der Waals surface area contributed by atoms with Crippen LogP contribution in [0.4, 0.5) is 13.2 Å². The second-order valence-corrected chi connectivity index (χ2v) is 7.09. The van der Waals surface area contributed by atoms with Crippen LogP contribution in [0.25, 0.3) is 0 Å². The predicted octanol–water partition coefficient (Wildman–Crippen LogP) is 3.36. The molecule has 0 saturated carbocycles. The lowest BCUT2D eigenvalue weighted by atomic mass is 9.86. The molecule has 2 rings (SSSR count). The second kappa shape index (κ2) is 6.28. The topological polar surface area (TPSA) is 44.8 Å². The van der Waals surface area contributed by atoms with Crippen molar-refractivity contribution >= 4 is 5.78 Å². The van der Waals surface area contributed by atoms with Crippen LogP contribution in [0.1, 0.15) is 34.1 Å². The molecule has 2 unspecified atom stereocenters. The minimum absolute atomic E-state index is 0.193. The largest absolute Gasteiger partial charge is 0.415 e. The molecule has 0 spiro atoms. The zero-order valence-electron chi connectivity index (χ0n) is 14.5. The van der Waals surface area contributed by atoms with Gasteiger partial charge in [-0.3, -0.25) is 4.79 Å². The molecule has 0 aliphatic carbocycles. The highest BCUT2D eigenvalue weighted by atomic mass is 19.4. The summed E-state index contributed by atoms with van der Waals surface area (Å²) in [5, 5.41) is 0. The minimum atomic E-state index is -4.61. The molecule has 4 nitrogen and oxygen atoms in total. The summed E-state index contributed by atoms with van der Waals surface area (Å²) in [7, 11) is 1.57. The molecule has 2 bridgehead atoms. The Labute approximate surface area is 139 Å². The first-order valence-electron chi connectivity index (χ1n) is 7.78. The van der Waals surface area contributed by atoms with Gasteiger partial charge in [-0.15, -0.1) is 0 Å². The van der Waals surface area contributed by atoms with E-state index in [1.54, 1.807) is 7.11 Å². The Morgan fingerprint density at radius 3 is 2.29 bits per heavy atom. The number of rotatable bonds is 7. The third kappa shape index (κ3) is 3.73. The highest BCUT2D eigenvalue weighted by Crippen LogP contribution is 2.44. The van der Waals surface area contributed by atoms with E-state index in [2.05, 4.69) is 0 Å². The highest BCUT2D eigenvalue weighted by Gasteiger charge is 2.53. The van der Waals surface area contributed by atoms with Gasteiger partial charge in [-0.25, -0.2) is 0 Å². The zero-order chi connectivity index (χ0) is 18.3. The third-order valence-electron chi connectivity index (χ3n) is 4.43. The van der Waals surface area contributed by atoms with Gasteiger partial charge in [-0.1, -0.05) is 12.2 Å². The van der Waals surface area contributed by atoms with Crippen LogP contribution < -0.4 is 0 Å². The number of methoxy groups -OCH3 is 1. The summed E-state index contributed by atoms with van der Waals surface area (Å²) >= 11 is 0. The minimum Gasteiger partial charge on any atom is -0.379 e. The van der Waals surface area contributed by atoms with E-state index in [1.807, 2.05) is 13.8 Å². The number of alkyl halides is 3. The van der Waals surface area contributed by atoms with Crippen molar-refractivity contribution in [2.24, 2.45) is 0 Å². The van der Waals surface area contributed by atoms with Crippen molar-refractivity contribution in [1.29, 1.82) is 0 Å². The van der Waals surface area contributed by atoms with Crippen molar-refractivity contribution in [1.82, 2.24) is 0 Å². The average Bonchev–Trinajstić information content (AvgIpc) is 3.05. The Hall–Kier alpha value is -1.18. The Balaban J connectivity index is 2.15. The number of carbonyl (C=O) groups is 1. The van der Waals surface area contributed by atoms with E-state index in [4.69, 9.17) is 14.2 Å². The first kappa shape index (κ1) is 19.1. The number of hydrogen-bond acceptors (Lipinski definition) is 4. The number of halogens is 3. The number of ether oxygens (including phenoxy) is 3. The molecule has 0 aromatic rings. The summed E-state index contributed by atoms with van der Waals surface area (Å²) in [6, 6.07) is 0. The van der Waals surface area contributed by atoms with Crippen LogP contribution in [0.5, 0.6) is 0 Å². The van der Waals surface area contributed by atoms with Crippen molar-refractivity contribution < 1.29 is 32.2 Å². The van der Waals surface area contributed by atoms with E-state index in [0.29, 0.717) is 6.42 Å². The van der Waals surface area contributed by atoms with Gasteiger partial charge in [0.25, 0.3) is 0 Å². The molecule has 2 aliphatic rings. The highest BCUT2D eigenvalue weighted by molar-refractivity contribution is 6.04. The van der Waals surface area contributed by atoms with Gasteiger partial charge in [0.1, 0.15) is 17.8 Å². The van der Waals surface area contributed by atoms with Crippen LogP contribution in [0.15, 0.2) is 23.3 Å². The Kier molecular flexibility index (Phi) is 5.01. The van der Waals surface area contributed by atoms with E-state index < -0.39 is 40.9 Å². The standard InChI is InChI=1S/C17H23F3O4/c1-15(2,22-5)8-9-23-16(3,4)14(21)12-10-6-7-11(24-10)13(12)17(18,19)20/h6-7,10-11H,8-9H2,1-5H3. The molecule has 24 heavy (non-hydrogen) atoms. The van der Waals surface area contributed by atoms with E-state index in [9.17, 15) is 18.0 Å². The maximum atomic E-state index is 13.3. The quantitative estimate of drug-likeness (QED) is 0.662. The predicted molar refractivity (Wildman–Crippen MR) is 81.6 cm³/mol. The molecule has 0 radical (unpaired) electrons. The van der Waals surface area contributed by atoms with Crippen molar-refractivity contribution in [2.75, 3.05) is 13.7 Å². The van der Waals surface area contributed by atoms with Crippen molar-refractivity contribution in [3.8, 4) is 0 Å². The number of ketones is 1. The van der Waals surface area contributed by atoms with Crippen LogP contribution in [0.3, 0.4) is 0 Å². The van der Waals surface area contributed by atoms with Gasteiger partial charge < -0.3 is 14.2 Å². The van der Waals surface area contributed by atoms with Crippen molar-refractivity contribution in [3.63, 3.8) is 0 Å². The molecule has 0 amide bonds. The molecule has 7 heteroatoms. The fraction of sp³-hybridized carbons (Fsp3) is 0.706. The number of hydrogen-bond donors (Lipinski definition) is 0. The fourth-order valence-electron chi connectivity index (χ4n) is 2.69. The van der Waals surface area contributed by atoms with Crippen LogP contribution in [-0.2, 0) is 19.0 Å². The van der Waals surface area contributed by atoms with Gasteiger partial charge in [-0.05, 0) is 34.1 Å². The Morgan fingerprint density at radius 1 is 1.17 bits per heavy atom. The van der Waals surface area contributed by atoms with E-state index >= 15 is 0 Å². The van der Waals surface area contributed by atoms with Crippen molar-refractivity contribution in [3.05, 3.63) is 23.3 Å². The van der Waals surface area contributed by atoms with Crippen LogP contribution in [0, 0.1) is 0 Å². The van der Waals surface area contributed by atoms with Gasteiger partial charge in [0.15, 0.2) is 5.78 Å². The van der Waals surface area contributed by atoms with Gasteiger partial charge in [-0.2, -0.15) is 13.2 Å². The summed E-state index contributed by atoms with van der Waals surface area (Å²) in [6.45, 7) is 6.88. The van der Waals surface area contributed by atoms with E-state index in [-0.39, 0.29) is 12.2 Å². The zero-order valence-corrected chi connectivity index (χ0v) is 14.5. The lowest BCUT2D eigenvalue weighted by Crippen LogP contribution is -2.40. The number of fused-ring (bicyclic) bond motifs is 2. The normalized spacial score (nSPS) is 24.2. The molecule has 136 valence electrons. The molecule has 0 aromatic heterocycles. The molecule has 2 aliphatic heterocycles. The molecular weight excluding hydrogens is 325 g/mol. The molecule has 0 fully saturated rings. The summed E-state index contributed by atoms with van der Waals surface area (Å²) in [5.74, 6) is -0.693. The summed E-state index contributed by atoms with van der Waals surface area (Å²) in [4.78, 5) is 12.7. The molecule has 0 N–H and O–H groups in total. The van der Waals surface area contributed by atoms with Gasteiger partial charge in [0.2, 0.25) is 0 Å². The first-order valence-corrected chi connectivity index (χ1v) is 7.78. The first-order chi connectivity index (χ1) is 10.9. The van der Waals surface area contributed by atoms with Crippen molar-refractivity contribution in [2.45, 2.75) is 63.7 Å². The molecule has 2 heterocycles. The summed E-state index contributed by atoms with van der Waals surface area (Å²) in [5.41, 5.74) is -3.06. The average molecular weight is 348 g/mol. The van der Waals surface area contributed by atoms with Crippen LogP contribution >= 0.6 is 0 Å². The lowest BCUT2D eigenvalue weighted by molar-refractivity contribution is -0.139. The van der Waals surface area contributed by atoms with Crippen LogP contribution in [-0.4, -0.2) is 49.1 Å². The van der Waals surface area contributed by atoms with E-state index in [0.717, 1.165) is 0 Å². The Bertz CT molecular complexity index is 573. The second-order valence-electron chi connectivity index (χ2n) is 7.09. The number of carbonyl (C=O) groups excluding carboxylic acids is 1. The summed E-state index contributed by atoms with van der Waals surface area (Å²) < 4.78 is 55.9. The lowest BCUT2D eigenvalue weighted by Gasteiger charge is -2.29. The molecular formula is C17H23F3O4.